The average Bonchev–Trinajstić information content (AvgIpc) is 3.39. The summed E-state index contributed by atoms with van der Waals surface area (Å²) in [4.78, 5) is 56.0. The van der Waals surface area contributed by atoms with Crippen LogP contribution in [0.1, 0.15) is 52.2 Å². The number of rotatable bonds is 12. The van der Waals surface area contributed by atoms with Crippen LogP contribution in [0, 0.1) is 0 Å². The van der Waals surface area contributed by atoms with E-state index in [1.54, 1.807) is 59.3 Å². The van der Waals surface area contributed by atoms with E-state index in [0.29, 0.717) is 12.8 Å². The van der Waals surface area contributed by atoms with Crippen molar-refractivity contribution < 1.29 is 23.9 Å². The first kappa shape index (κ1) is 35.3. The van der Waals surface area contributed by atoms with Crippen LogP contribution >= 0.6 is 11.3 Å². The molecule has 0 aliphatic heterocycles. The summed E-state index contributed by atoms with van der Waals surface area (Å²) in [5, 5.41) is 8.57. The Balaban J connectivity index is 1.86. The number of alkyl carbamates (subject to hydrolysis) is 1. The fourth-order valence-electron chi connectivity index (χ4n) is 4.94. The van der Waals surface area contributed by atoms with E-state index in [9.17, 15) is 19.2 Å². The molecule has 0 saturated heterocycles. The third-order valence-corrected chi connectivity index (χ3v) is 8.45. The van der Waals surface area contributed by atoms with Crippen LogP contribution in [0.3, 0.4) is 0 Å². The van der Waals surface area contributed by atoms with Gasteiger partial charge in [0.2, 0.25) is 17.7 Å². The van der Waals surface area contributed by atoms with Gasteiger partial charge in [-0.1, -0.05) is 54.6 Å². The van der Waals surface area contributed by atoms with Gasteiger partial charge in [-0.3, -0.25) is 14.4 Å². The van der Waals surface area contributed by atoms with Crippen LogP contribution in [0.5, 0.6) is 0 Å². The number of nitrogens with one attached hydrogen (secondary N) is 2. The number of hydrogen-bond acceptors (Lipinski definition) is 6. The molecule has 0 bridgehead atoms. The van der Waals surface area contributed by atoms with Gasteiger partial charge in [0.15, 0.2) is 0 Å². The lowest BCUT2D eigenvalue weighted by Crippen LogP contribution is -2.55. The second kappa shape index (κ2) is 15.2. The summed E-state index contributed by atoms with van der Waals surface area (Å²) < 4.78 is 6.45. The van der Waals surface area contributed by atoms with Crippen LogP contribution in [-0.2, 0) is 32.0 Å². The third kappa shape index (κ3) is 10.2. The maximum Gasteiger partial charge on any atom is 0.408 e. The van der Waals surface area contributed by atoms with Crippen LogP contribution in [0.15, 0.2) is 72.1 Å². The molecule has 2 aromatic carbocycles. The zero-order chi connectivity index (χ0) is 33.4. The van der Waals surface area contributed by atoms with E-state index in [2.05, 4.69) is 10.6 Å². The molecule has 1 unspecified atom stereocenters. The largest absolute Gasteiger partial charge is 0.444 e. The highest BCUT2D eigenvalue weighted by Crippen LogP contribution is 2.28. The Labute approximate surface area is 270 Å². The monoisotopic (exact) mass is 634 g/mol. The van der Waals surface area contributed by atoms with Gasteiger partial charge in [-0.25, -0.2) is 4.79 Å². The van der Waals surface area contributed by atoms with Crippen molar-refractivity contribution in [1.82, 2.24) is 20.4 Å². The average molecular weight is 635 g/mol. The molecule has 9 nitrogen and oxygen atoms in total. The lowest BCUT2D eigenvalue weighted by Gasteiger charge is -2.34. The first-order chi connectivity index (χ1) is 21.1. The molecule has 0 radical (unpaired) electrons. The second-order valence-corrected chi connectivity index (χ2v) is 13.7. The normalized spacial score (nSPS) is 13.2. The van der Waals surface area contributed by atoms with Gasteiger partial charge < -0.3 is 25.2 Å². The standard InChI is InChI=1S/C35H46N4O5S/c1-34(2,3)44-33(43)37-35(4,5)20-14-19-30(40)38(7)28(22-25-23-45-29-18-13-12-17-26(25)29)32(42)39(8)27(31(41)36-6)21-24-15-10-9-11-16-24/h9-19,23,27-28H,20-22H2,1-8H3,(H,36,41)(H,37,43)/t27?,28-/m1/s1. The Morgan fingerprint density at radius 2 is 1.53 bits per heavy atom. The molecule has 2 N–H and O–H groups in total. The van der Waals surface area contributed by atoms with Gasteiger partial charge in [-0.2, -0.15) is 0 Å². The molecule has 242 valence electrons. The minimum atomic E-state index is -0.874. The number of thiophene rings is 1. The Morgan fingerprint density at radius 3 is 2.18 bits per heavy atom. The molecule has 1 aromatic heterocycles. The van der Waals surface area contributed by atoms with Gasteiger partial charge in [0.25, 0.3) is 0 Å². The van der Waals surface area contributed by atoms with Crippen LogP contribution in [0.25, 0.3) is 10.1 Å². The molecule has 0 saturated carbocycles. The summed E-state index contributed by atoms with van der Waals surface area (Å²) in [7, 11) is 4.77. The molecule has 1 heterocycles. The van der Waals surface area contributed by atoms with Crippen molar-refractivity contribution in [3.8, 4) is 0 Å². The molecule has 10 heteroatoms. The first-order valence-electron chi connectivity index (χ1n) is 15.0. The molecule has 4 amide bonds. The van der Waals surface area contributed by atoms with Crippen molar-refractivity contribution in [2.45, 2.75) is 77.1 Å². The van der Waals surface area contributed by atoms with Crippen LogP contribution < -0.4 is 10.6 Å². The Hall–Kier alpha value is -4.18. The van der Waals surface area contributed by atoms with Crippen molar-refractivity contribution in [3.63, 3.8) is 0 Å². The van der Waals surface area contributed by atoms with E-state index in [1.807, 2.05) is 73.8 Å². The smallest absolute Gasteiger partial charge is 0.408 e. The summed E-state index contributed by atoms with van der Waals surface area (Å²) in [6, 6.07) is 15.8. The summed E-state index contributed by atoms with van der Waals surface area (Å²) in [6.07, 6.45) is 3.53. The zero-order valence-electron chi connectivity index (χ0n) is 27.5. The molecule has 3 aromatic rings. The van der Waals surface area contributed by atoms with E-state index >= 15 is 0 Å². The lowest BCUT2D eigenvalue weighted by atomic mass is 9.99. The SMILES string of the molecule is CNC(=O)C(Cc1ccccc1)N(C)C(=O)[C@@H](Cc1csc2ccccc12)N(C)C(=O)C=CCC(C)(C)NC(=O)OC(C)(C)C. The second-order valence-electron chi connectivity index (χ2n) is 12.8. The highest BCUT2D eigenvalue weighted by molar-refractivity contribution is 7.17. The maximum atomic E-state index is 14.2. The van der Waals surface area contributed by atoms with E-state index in [4.69, 9.17) is 4.74 Å². The highest BCUT2D eigenvalue weighted by atomic mass is 32.1. The van der Waals surface area contributed by atoms with E-state index in [-0.39, 0.29) is 24.1 Å². The fraction of sp³-hybridized carbons (Fsp3) is 0.429. The number of nitrogens with zero attached hydrogens (tertiary/aromatic N) is 2. The molecular weight excluding hydrogens is 588 g/mol. The molecule has 0 aliphatic rings. The number of amides is 4. The molecule has 0 spiro atoms. The zero-order valence-corrected chi connectivity index (χ0v) is 28.4. The van der Waals surface area contributed by atoms with Gasteiger partial charge in [-0.05, 0) is 75.1 Å². The maximum absolute atomic E-state index is 14.2. The summed E-state index contributed by atoms with van der Waals surface area (Å²) in [6.45, 7) is 9.05. The third-order valence-electron chi connectivity index (χ3n) is 7.44. The van der Waals surface area contributed by atoms with E-state index in [0.717, 1.165) is 21.2 Å². The molecule has 45 heavy (non-hydrogen) atoms. The van der Waals surface area contributed by atoms with Gasteiger partial charge in [0, 0.05) is 44.2 Å². The minimum absolute atomic E-state index is 0.279. The Kier molecular flexibility index (Phi) is 11.9. The first-order valence-corrected chi connectivity index (χ1v) is 15.9. The Bertz CT molecular complexity index is 1510. The van der Waals surface area contributed by atoms with Crippen LogP contribution in [0.2, 0.25) is 0 Å². The van der Waals surface area contributed by atoms with Crippen LogP contribution in [-0.4, -0.2) is 78.0 Å². The predicted octanol–water partition coefficient (Wildman–Crippen LogP) is 5.34. The number of likely N-dealkylation sites (N-methyl/N-ethyl adjacent to an activating group) is 3. The van der Waals surface area contributed by atoms with Gasteiger partial charge in [-0.15, -0.1) is 11.3 Å². The number of ether oxygens (including phenoxy) is 1. The number of carbonyl (C=O) groups excluding carboxylic acids is 4. The minimum Gasteiger partial charge on any atom is -0.444 e. The molecule has 0 fully saturated rings. The number of carbonyl (C=O) groups is 4. The number of fused-ring (bicyclic) bond motifs is 1. The van der Waals surface area contributed by atoms with Crippen molar-refractivity contribution >= 4 is 45.2 Å². The van der Waals surface area contributed by atoms with Gasteiger partial charge >= 0.3 is 6.09 Å². The van der Waals surface area contributed by atoms with E-state index < -0.39 is 29.3 Å². The highest BCUT2D eigenvalue weighted by Gasteiger charge is 2.35. The van der Waals surface area contributed by atoms with Crippen molar-refractivity contribution in [2.24, 2.45) is 0 Å². The van der Waals surface area contributed by atoms with Gasteiger partial charge in [0.1, 0.15) is 17.7 Å². The van der Waals surface area contributed by atoms with E-state index in [1.165, 1.54) is 15.9 Å². The number of benzene rings is 2. The van der Waals surface area contributed by atoms with Crippen molar-refractivity contribution in [3.05, 3.63) is 83.3 Å². The van der Waals surface area contributed by atoms with Crippen LogP contribution in [0.4, 0.5) is 4.79 Å². The molecular formula is C35H46N4O5S. The fourth-order valence-corrected chi connectivity index (χ4v) is 5.92. The topological polar surface area (TPSA) is 108 Å². The quantitative estimate of drug-likeness (QED) is 0.262. The van der Waals surface area contributed by atoms with Crippen molar-refractivity contribution in [2.75, 3.05) is 21.1 Å². The van der Waals surface area contributed by atoms with Crippen molar-refractivity contribution in [1.29, 1.82) is 0 Å². The summed E-state index contributed by atoms with van der Waals surface area (Å²) in [5.41, 5.74) is 0.560. The lowest BCUT2D eigenvalue weighted by molar-refractivity contribution is -0.146. The molecule has 3 rings (SSSR count). The Morgan fingerprint density at radius 1 is 0.889 bits per heavy atom. The summed E-state index contributed by atoms with van der Waals surface area (Å²) in [5.74, 6) is -0.997. The van der Waals surface area contributed by atoms with Gasteiger partial charge in [0.05, 0.1) is 0 Å². The molecule has 0 aliphatic carbocycles. The predicted molar refractivity (Wildman–Crippen MR) is 180 cm³/mol. The molecule has 2 atom stereocenters. The summed E-state index contributed by atoms with van der Waals surface area (Å²) >= 11 is 1.59. The number of hydrogen-bond donors (Lipinski definition) is 2.